The number of esters is 1. The van der Waals surface area contributed by atoms with Gasteiger partial charge in [-0.25, -0.2) is 4.98 Å². The van der Waals surface area contributed by atoms with Crippen LogP contribution in [0.25, 0.3) is 5.65 Å². The van der Waals surface area contributed by atoms with Gasteiger partial charge in [0.15, 0.2) is 0 Å². The molecule has 10 heteroatoms. The number of imidazole rings is 1. The number of halogens is 4. The summed E-state index contributed by atoms with van der Waals surface area (Å²) in [6.07, 6.45) is -3.15. The lowest BCUT2D eigenvalue weighted by Gasteiger charge is -2.14. The molecule has 0 saturated carbocycles. The van der Waals surface area contributed by atoms with Gasteiger partial charge in [-0.15, -0.1) is 13.2 Å². The van der Waals surface area contributed by atoms with Crippen LogP contribution >= 0.6 is 11.6 Å². The molecule has 3 aromatic rings. The topological polar surface area (TPSA) is 56.1 Å². The van der Waals surface area contributed by atoms with E-state index < -0.39 is 6.36 Å². The molecule has 32 heavy (non-hydrogen) atoms. The number of likely N-dealkylation sites (N-methyl/N-ethyl adjacent to an activating group) is 1. The van der Waals surface area contributed by atoms with Gasteiger partial charge in [0.25, 0.3) is 0 Å². The van der Waals surface area contributed by atoms with Crippen molar-refractivity contribution >= 4 is 23.2 Å². The van der Waals surface area contributed by atoms with Gasteiger partial charge in [-0.2, -0.15) is 0 Å². The lowest BCUT2D eigenvalue weighted by molar-refractivity contribution is -0.274. The first-order valence-electron chi connectivity index (χ1n) is 9.53. The molecule has 1 aromatic carbocycles. The number of nitrogens with zero attached hydrogens (tertiary/aromatic N) is 3. The van der Waals surface area contributed by atoms with Gasteiger partial charge in [0.1, 0.15) is 17.1 Å². The monoisotopic (exact) mass is 465 g/mol. The number of ether oxygens (including phenoxy) is 2. The van der Waals surface area contributed by atoms with Crippen molar-refractivity contribution in [1.82, 2.24) is 14.3 Å². The Balaban J connectivity index is 1.94. The zero-order chi connectivity index (χ0) is 23.3. The summed E-state index contributed by atoms with van der Waals surface area (Å²) in [6.45, 7) is 2.37. The number of carbonyl (C=O) groups is 1. The van der Waals surface area contributed by atoms with Crippen LogP contribution in [0.4, 0.5) is 13.2 Å². The average Bonchev–Trinajstić information content (AvgIpc) is 3.01. The number of hydrogen-bond donors (Lipinski definition) is 0. The van der Waals surface area contributed by atoms with Gasteiger partial charge in [-0.1, -0.05) is 23.6 Å². The zero-order valence-corrected chi connectivity index (χ0v) is 18.0. The predicted molar refractivity (Wildman–Crippen MR) is 112 cm³/mol. The van der Waals surface area contributed by atoms with E-state index in [2.05, 4.69) is 21.6 Å². The van der Waals surface area contributed by atoms with Gasteiger partial charge < -0.3 is 9.47 Å². The SMILES string of the molecule is CCOC(=O)CN(C)Cc1nc2ccc(Cl)cn2c1C#Cc1cccc(OC(F)(F)F)c1. The number of rotatable bonds is 6. The van der Waals surface area contributed by atoms with Crippen LogP contribution in [0, 0.1) is 11.8 Å². The first kappa shape index (κ1) is 23.4. The molecule has 0 spiro atoms. The van der Waals surface area contributed by atoms with Crippen molar-refractivity contribution in [2.45, 2.75) is 19.8 Å². The predicted octanol–water partition coefficient (Wildman–Crippen LogP) is 4.28. The van der Waals surface area contributed by atoms with Crippen molar-refractivity contribution in [2.24, 2.45) is 0 Å². The maximum Gasteiger partial charge on any atom is 0.573 e. The fourth-order valence-electron chi connectivity index (χ4n) is 2.95. The Kier molecular flexibility index (Phi) is 7.28. The minimum Gasteiger partial charge on any atom is -0.465 e. The fraction of sp³-hybridized carbons (Fsp3) is 0.273. The van der Waals surface area contributed by atoms with E-state index in [1.807, 2.05) is 0 Å². The van der Waals surface area contributed by atoms with Crippen LogP contribution in [-0.2, 0) is 16.1 Å². The molecular weight excluding hydrogens is 447 g/mol. The third-order valence-electron chi connectivity index (χ3n) is 4.17. The number of carbonyl (C=O) groups excluding carboxylic acids is 1. The van der Waals surface area contributed by atoms with Crippen molar-refractivity contribution in [3.63, 3.8) is 0 Å². The Morgan fingerprint density at radius 3 is 2.75 bits per heavy atom. The summed E-state index contributed by atoms with van der Waals surface area (Å²) < 4.78 is 48.1. The summed E-state index contributed by atoms with van der Waals surface area (Å²) in [5.74, 6) is 5.09. The summed E-state index contributed by atoms with van der Waals surface area (Å²) in [5.41, 5.74) is 2.00. The summed E-state index contributed by atoms with van der Waals surface area (Å²) in [5, 5.41) is 0.463. The Morgan fingerprint density at radius 1 is 1.25 bits per heavy atom. The molecule has 168 valence electrons. The van der Waals surface area contributed by atoms with Crippen LogP contribution in [0.3, 0.4) is 0 Å². The summed E-state index contributed by atoms with van der Waals surface area (Å²) in [7, 11) is 1.74. The summed E-state index contributed by atoms with van der Waals surface area (Å²) >= 11 is 6.12. The molecule has 0 unspecified atom stereocenters. The molecule has 0 fully saturated rings. The standard InChI is InChI=1S/C22H19ClF3N3O3/c1-3-31-21(30)14-28(2)13-18-19(29-12-16(23)8-10-20(29)27-18)9-7-15-5-4-6-17(11-15)32-22(24,25)26/h4-6,8,10-12H,3,13-14H2,1-2H3. The van der Waals surface area contributed by atoms with Gasteiger partial charge in [0.2, 0.25) is 0 Å². The van der Waals surface area contributed by atoms with Crippen molar-refractivity contribution < 1.29 is 27.4 Å². The Hall–Kier alpha value is -3.22. The van der Waals surface area contributed by atoms with E-state index in [1.54, 1.807) is 47.7 Å². The highest BCUT2D eigenvalue weighted by Gasteiger charge is 2.31. The second kappa shape index (κ2) is 9.94. The van der Waals surface area contributed by atoms with Gasteiger partial charge in [-0.05, 0) is 50.2 Å². The second-order valence-corrected chi connectivity index (χ2v) is 7.22. The first-order valence-corrected chi connectivity index (χ1v) is 9.91. The third kappa shape index (κ3) is 6.39. The molecule has 6 nitrogen and oxygen atoms in total. The van der Waals surface area contributed by atoms with E-state index in [0.717, 1.165) is 0 Å². The number of hydrogen-bond acceptors (Lipinski definition) is 5. The molecule has 0 aliphatic carbocycles. The fourth-order valence-corrected chi connectivity index (χ4v) is 3.11. The van der Waals surface area contributed by atoms with Crippen LogP contribution in [0.5, 0.6) is 5.75 Å². The van der Waals surface area contributed by atoms with Crippen LogP contribution in [0.1, 0.15) is 23.9 Å². The molecule has 0 saturated heterocycles. The van der Waals surface area contributed by atoms with Gasteiger partial charge in [0.05, 0.1) is 23.9 Å². The quantitative estimate of drug-likeness (QED) is 0.402. The molecule has 0 radical (unpaired) electrons. The maximum absolute atomic E-state index is 12.5. The van der Waals surface area contributed by atoms with E-state index >= 15 is 0 Å². The Labute approximate surface area is 187 Å². The molecular formula is C22H19ClF3N3O3. The normalized spacial score (nSPS) is 11.3. The van der Waals surface area contributed by atoms with E-state index in [4.69, 9.17) is 16.3 Å². The molecule has 0 aliphatic rings. The highest BCUT2D eigenvalue weighted by molar-refractivity contribution is 6.30. The third-order valence-corrected chi connectivity index (χ3v) is 4.40. The molecule has 0 N–H and O–H groups in total. The van der Waals surface area contributed by atoms with Crippen LogP contribution in [0.15, 0.2) is 42.6 Å². The molecule has 3 rings (SSSR count). The molecule has 0 bridgehead atoms. The van der Waals surface area contributed by atoms with Crippen LogP contribution in [0.2, 0.25) is 5.02 Å². The highest BCUT2D eigenvalue weighted by atomic mass is 35.5. The molecule has 0 atom stereocenters. The van der Waals surface area contributed by atoms with Gasteiger partial charge in [-0.3, -0.25) is 14.1 Å². The summed E-state index contributed by atoms with van der Waals surface area (Å²) in [6, 6.07) is 8.79. The Bertz CT molecular complexity index is 1180. The van der Waals surface area contributed by atoms with Crippen LogP contribution < -0.4 is 4.74 Å². The zero-order valence-electron chi connectivity index (χ0n) is 17.2. The highest BCUT2D eigenvalue weighted by Crippen LogP contribution is 2.23. The van der Waals surface area contributed by atoms with E-state index in [1.165, 1.54) is 18.2 Å². The van der Waals surface area contributed by atoms with Gasteiger partial charge in [0, 0.05) is 18.3 Å². The summed E-state index contributed by atoms with van der Waals surface area (Å²) in [4.78, 5) is 18.0. The second-order valence-electron chi connectivity index (χ2n) is 6.79. The van der Waals surface area contributed by atoms with Crippen molar-refractivity contribution in [1.29, 1.82) is 0 Å². The van der Waals surface area contributed by atoms with Gasteiger partial charge >= 0.3 is 12.3 Å². The van der Waals surface area contributed by atoms with Crippen LogP contribution in [-0.4, -0.2) is 46.8 Å². The lowest BCUT2D eigenvalue weighted by atomic mass is 10.2. The number of fused-ring (bicyclic) bond motifs is 1. The number of pyridine rings is 1. The molecule has 2 heterocycles. The number of alkyl halides is 3. The Morgan fingerprint density at radius 2 is 2.03 bits per heavy atom. The maximum atomic E-state index is 12.5. The minimum absolute atomic E-state index is 0.0617. The smallest absolute Gasteiger partial charge is 0.465 e. The minimum atomic E-state index is -4.79. The molecule has 0 aliphatic heterocycles. The number of benzene rings is 1. The van der Waals surface area contributed by atoms with E-state index in [0.29, 0.717) is 34.2 Å². The average molecular weight is 466 g/mol. The van der Waals surface area contributed by atoms with Crippen molar-refractivity contribution in [3.8, 4) is 17.6 Å². The molecule has 2 aromatic heterocycles. The largest absolute Gasteiger partial charge is 0.573 e. The van der Waals surface area contributed by atoms with Crippen molar-refractivity contribution in [2.75, 3.05) is 20.2 Å². The van der Waals surface area contributed by atoms with Crippen molar-refractivity contribution in [3.05, 3.63) is 64.6 Å². The van der Waals surface area contributed by atoms with E-state index in [9.17, 15) is 18.0 Å². The molecule has 0 amide bonds. The first-order chi connectivity index (χ1) is 15.1. The number of aromatic nitrogens is 2. The van der Waals surface area contributed by atoms with E-state index in [-0.39, 0.29) is 24.9 Å². The lowest BCUT2D eigenvalue weighted by Crippen LogP contribution is -2.27.